The molecule has 0 aliphatic carbocycles. The lowest BCUT2D eigenvalue weighted by atomic mass is 9.93. The molecule has 0 aromatic heterocycles. The largest absolute Gasteiger partial charge is 0.325 e. The van der Waals surface area contributed by atoms with Gasteiger partial charge in [0.25, 0.3) is 0 Å². The van der Waals surface area contributed by atoms with E-state index in [1.165, 1.54) is 6.07 Å². The summed E-state index contributed by atoms with van der Waals surface area (Å²) in [7, 11) is 0. The van der Waals surface area contributed by atoms with Crippen LogP contribution in [0.25, 0.3) is 0 Å². The van der Waals surface area contributed by atoms with Crippen molar-refractivity contribution in [2.45, 2.75) is 12.3 Å². The Bertz CT molecular complexity index is 609. The topological polar surface area (TPSA) is 29.1 Å². The van der Waals surface area contributed by atoms with Crippen LogP contribution in [0, 0.1) is 5.82 Å². The van der Waals surface area contributed by atoms with Gasteiger partial charge in [-0.25, -0.2) is 4.39 Å². The number of fused-ring (bicyclic) bond motifs is 1. The van der Waals surface area contributed by atoms with E-state index in [9.17, 15) is 9.18 Å². The Balaban J connectivity index is 1.94. The van der Waals surface area contributed by atoms with E-state index >= 15 is 0 Å². The van der Waals surface area contributed by atoms with E-state index in [2.05, 4.69) is 5.32 Å². The van der Waals surface area contributed by atoms with Crippen molar-refractivity contribution in [1.29, 1.82) is 0 Å². The summed E-state index contributed by atoms with van der Waals surface area (Å²) in [6, 6.07) is 14.2. The first-order chi connectivity index (χ1) is 8.75. The van der Waals surface area contributed by atoms with Gasteiger partial charge in [-0.3, -0.25) is 4.79 Å². The van der Waals surface area contributed by atoms with E-state index in [-0.39, 0.29) is 17.6 Å². The van der Waals surface area contributed by atoms with Gasteiger partial charge in [-0.05, 0) is 29.7 Å². The molecule has 3 heteroatoms. The highest BCUT2D eigenvalue weighted by Crippen LogP contribution is 2.34. The Morgan fingerprint density at radius 1 is 1.06 bits per heavy atom. The smallest absolute Gasteiger partial charge is 0.232 e. The van der Waals surface area contributed by atoms with Crippen LogP contribution >= 0.6 is 0 Å². The highest BCUT2D eigenvalue weighted by Gasteiger charge is 2.30. The van der Waals surface area contributed by atoms with Gasteiger partial charge in [0.1, 0.15) is 5.82 Å². The first kappa shape index (κ1) is 11.0. The lowest BCUT2D eigenvalue weighted by Crippen LogP contribution is -2.14. The highest BCUT2D eigenvalue weighted by atomic mass is 19.1. The van der Waals surface area contributed by atoms with Crippen LogP contribution in [0.1, 0.15) is 17.0 Å². The number of carbonyl (C=O) groups is 1. The maximum absolute atomic E-state index is 13.6. The maximum atomic E-state index is 13.6. The molecule has 1 heterocycles. The summed E-state index contributed by atoms with van der Waals surface area (Å²) in [6.07, 6.45) is 0.398. The van der Waals surface area contributed by atoms with Crippen LogP contribution < -0.4 is 5.32 Å². The van der Waals surface area contributed by atoms with E-state index < -0.39 is 0 Å². The molecular weight excluding hydrogens is 229 g/mol. The van der Waals surface area contributed by atoms with Gasteiger partial charge in [-0.15, -0.1) is 0 Å². The Labute approximate surface area is 104 Å². The summed E-state index contributed by atoms with van der Waals surface area (Å²) in [4.78, 5) is 11.9. The average Bonchev–Trinajstić information content (AvgIpc) is 2.69. The fourth-order valence-electron chi connectivity index (χ4n) is 2.36. The van der Waals surface area contributed by atoms with Crippen LogP contribution in [0.15, 0.2) is 48.5 Å². The van der Waals surface area contributed by atoms with E-state index in [0.29, 0.717) is 12.0 Å². The number of amides is 1. The number of halogens is 1. The molecule has 1 aliphatic rings. The lowest BCUT2D eigenvalue weighted by molar-refractivity contribution is -0.117. The molecule has 2 aromatic rings. The molecule has 1 unspecified atom stereocenters. The van der Waals surface area contributed by atoms with E-state index in [0.717, 1.165) is 11.3 Å². The Morgan fingerprint density at radius 2 is 1.78 bits per heavy atom. The van der Waals surface area contributed by atoms with E-state index in [1.807, 2.05) is 24.3 Å². The molecule has 1 atom stereocenters. The number of nitrogens with one attached hydrogen (secondary N) is 1. The van der Waals surface area contributed by atoms with E-state index in [4.69, 9.17) is 0 Å². The predicted octanol–water partition coefficient (Wildman–Crippen LogP) is 3.10. The van der Waals surface area contributed by atoms with Gasteiger partial charge in [0.15, 0.2) is 0 Å². The third kappa shape index (κ3) is 1.78. The molecule has 1 amide bonds. The molecule has 18 heavy (non-hydrogen) atoms. The quantitative estimate of drug-likeness (QED) is 0.860. The van der Waals surface area contributed by atoms with Gasteiger partial charge < -0.3 is 5.32 Å². The maximum Gasteiger partial charge on any atom is 0.232 e. The first-order valence-corrected chi connectivity index (χ1v) is 5.89. The highest BCUT2D eigenvalue weighted by molar-refractivity contribution is 6.03. The number of anilines is 1. The standard InChI is InChI=1S/C15H12FNO/c16-13-7-3-1-5-10(13)9-12-11-6-2-4-8-14(11)17-15(12)18/h1-8,12H,9H2,(H,17,18). The van der Waals surface area contributed by atoms with Crippen LogP contribution in [0.5, 0.6) is 0 Å². The minimum atomic E-state index is -0.293. The van der Waals surface area contributed by atoms with Crippen molar-refractivity contribution in [3.05, 3.63) is 65.5 Å². The molecule has 1 N–H and O–H groups in total. The summed E-state index contributed by atoms with van der Waals surface area (Å²) >= 11 is 0. The second-order valence-electron chi connectivity index (χ2n) is 4.42. The van der Waals surface area contributed by atoms with Crippen molar-refractivity contribution in [2.75, 3.05) is 5.32 Å². The number of para-hydroxylation sites is 1. The monoisotopic (exact) mass is 241 g/mol. The Hall–Kier alpha value is -2.16. The van der Waals surface area contributed by atoms with Gasteiger partial charge in [0.05, 0.1) is 5.92 Å². The van der Waals surface area contributed by atoms with Gasteiger partial charge in [0, 0.05) is 5.69 Å². The second-order valence-corrected chi connectivity index (χ2v) is 4.42. The molecule has 90 valence electrons. The van der Waals surface area contributed by atoms with Gasteiger partial charge in [-0.1, -0.05) is 36.4 Å². The molecule has 3 rings (SSSR count). The minimum Gasteiger partial charge on any atom is -0.325 e. The van der Waals surface area contributed by atoms with Crippen LogP contribution in [0.4, 0.5) is 10.1 Å². The number of hydrogen-bond acceptors (Lipinski definition) is 1. The normalized spacial score (nSPS) is 17.4. The Kier molecular flexibility index (Phi) is 2.59. The second kappa shape index (κ2) is 4.26. The molecule has 1 aliphatic heterocycles. The van der Waals surface area contributed by atoms with Crippen LogP contribution in [-0.2, 0) is 11.2 Å². The van der Waals surface area contributed by atoms with Crippen LogP contribution in [-0.4, -0.2) is 5.91 Å². The van der Waals surface area contributed by atoms with Crippen molar-refractivity contribution < 1.29 is 9.18 Å². The number of rotatable bonds is 2. The first-order valence-electron chi connectivity index (χ1n) is 5.89. The summed E-state index contributed by atoms with van der Waals surface area (Å²) in [5.74, 6) is -0.604. The summed E-state index contributed by atoms with van der Waals surface area (Å²) in [5, 5.41) is 2.83. The molecule has 0 fully saturated rings. The van der Waals surface area contributed by atoms with Crippen molar-refractivity contribution in [1.82, 2.24) is 0 Å². The van der Waals surface area contributed by atoms with Crippen molar-refractivity contribution in [3.8, 4) is 0 Å². The SMILES string of the molecule is O=C1Nc2ccccc2C1Cc1ccccc1F. The zero-order valence-electron chi connectivity index (χ0n) is 9.69. The van der Waals surface area contributed by atoms with Crippen molar-refractivity contribution >= 4 is 11.6 Å². The summed E-state index contributed by atoms with van der Waals surface area (Å²) in [5.41, 5.74) is 2.36. The zero-order valence-corrected chi connectivity index (χ0v) is 9.69. The fourth-order valence-corrected chi connectivity index (χ4v) is 2.36. The zero-order chi connectivity index (χ0) is 12.5. The molecular formula is C15H12FNO. The lowest BCUT2D eigenvalue weighted by Gasteiger charge is -2.09. The van der Waals surface area contributed by atoms with Gasteiger partial charge in [-0.2, -0.15) is 0 Å². The molecule has 0 saturated carbocycles. The predicted molar refractivity (Wildman–Crippen MR) is 67.9 cm³/mol. The average molecular weight is 241 g/mol. The fraction of sp³-hybridized carbons (Fsp3) is 0.133. The summed E-state index contributed by atoms with van der Waals surface area (Å²) < 4.78 is 13.6. The van der Waals surface area contributed by atoms with Crippen molar-refractivity contribution in [2.24, 2.45) is 0 Å². The molecule has 2 nitrogen and oxygen atoms in total. The van der Waals surface area contributed by atoms with Gasteiger partial charge >= 0.3 is 0 Å². The number of hydrogen-bond donors (Lipinski definition) is 1. The number of carbonyl (C=O) groups excluding carboxylic acids is 1. The third-order valence-electron chi connectivity index (χ3n) is 3.29. The summed E-state index contributed by atoms with van der Waals surface area (Å²) in [6.45, 7) is 0. The van der Waals surface area contributed by atoms with Crippen LogP contribution in [0.2, 0.25) is 0 Å². The molecule has 0 spiro atoms. The van der Waals surface area contributed by atoms with E-state index in [1.54, 1.807) is 18.2 Å². The molecule has 0 bridgehead atoms. The number of benzene rings is 2. The minimum absolute atomic E-state index is 0.0561. The van der Waals surface area contributed by atoms with Crippen LogP contribution in [0.3, 0.4) is 0 Å². The molecule has 2 aromatic carbocycles. The molecule has 0 radical (unpaired) electrons. The third-order valence-corrected chi connectivity index (χ3v) is 3.29. The van der Waals surface area contributed by atoms with Gasteiger partial charge in [0.2, 0.25) is 5.91 Å². The Morgan fingerprint density at radius 3 is 2.61 bits per heavy atom. The van der Waals surface area contributed by atoms with Crippen molar-refractivity contribution in [3.63, 3.8) is 0 Å². The molecule has 0 saturated heterocycles.